The van der Waals surface area contributed by atoms with Crippen LogP contribution in [-0.4, -0.2) is 44.9 Å². The monoisotopic (exact) mass is 328 g/mol. The van der Waals surface area contributed by atoms with Crippen molar-refractivity contribution in [2.45, 2.75) is 23.8 Å². The van der Waals surface area contributed by atoms with E-state index in [-0.39, 0.29) is 16.6 Å². The molecule has 0 aromatic heterocycles. The second kappa shape index (κ2) is 6.19. The Labute approximate surface area is 129 Å². The molecule has 0 aliphatic heterocycles. The predicted molar refractivity (Wildman–Crippen MR) is 83.2 cm³/mol. The van der Waals surface area contributed by atoms with Crippen molar-refractivity contribution in [2.75, 3.05) is 26.0 Å². The van der Waals surface area contributed by atoms with E-state index in [9.17, 15) is 18.5 Å². The third-order valence-electron chi connectivity index (χ3n) is 3.83. The average Bonchev–Trinajstić information content (AvgIpc) is 3.21. The van der Waals surface area contributed by atoms with Crippen molar-refractivity contribution in [2.24, 2.45) is 11.1 Å². The molecule has 1 aliphatic carbocycles. The lowest BCUT2D eigenvalue weighted by atomic mass is 10.1. The van der Waals surface area contributed by atoms with Gasteiger partial charge in [-0.1, -0.05) is 0 Å². The minimum Gasteiger partial charge on any atom is -0.378 e. The van der Waals surface area contributed by atoms with Gasteiger partial charge in [0, 0.05) is 18.7 Å². The smallest absolute Gasteiger partial charge is 0.293 e. The summed E-state index contributed by atoms with van der Waals surface area (Å²) in [6, 6.07) is 3.93. The zero-order valence-electron chi connectivity index (χ0n) is 12.5. The summed E-state index contributed by atoms with van der Waals surface area (Å²) >= 11 is 0. The van der Waals surface area contributed by atoms with Crippen LogP contribution in [0.15, 0.2) is 23.1 Å². The number of sulfonamides is 1. The van der Waals surface area contributed by atoms with Crippen molar-refractivity contribution in [1.82, 2.24) is 4.90 Å². The average molecular weight is 328 g/mol. The van der Waals surface area contributed by atoms with Gasteiger partial charge in [-0.25, -0.2) is 13.6 Å². The summed E-state index contributed by atoms with van der Waals surface area (Å²) in [5, 5.41) is 19.2. The van der Waals surface area contributed by atoms with E-state index in [1.165, 1.54) is 12.1 Å². The number of nitro groups is 1. The highest BCUT2D eigenvalue weighted by molar-refractivity contribution is 7.89. The fourth-order valence-corrected chi connectivity index (χ4v) is 2.99. The first kappa shape index (κ1) is 16.7. The number of benzene rings is 1. The quantitative estimate of drug-likeness (QED) is 0.569. The Morgan fingerprint density at radius 1 is 1.45 bits per heavy atom. The molecule has 0 amide bonds. The lowest BCUT2D eigenvalue weighted by molar-refractivity contribution is -0.384. The van der Waals surface area contributed by atoms with E-state index in [1.54, 1.807) is 0 Å². The molecule has 1 aromatic carbocycles. The fraction of sp³-hybridized carbons (Fsp3) is 0.538. The number of likely N-dealkylation sites (N-methyl/N-ethyl adjacent to an activating group) is 1. The van der Waals surface area contributed by atoms with E-state index in [4.69, 9.17) is 5.14 Å². The summed E-state index contributed by atoms with van der Waals surface area (Å²) in [7, 11) is -0.0135. The molecular formula is C13H20N4O4S. The van der Waals surface area contributed by atoms with Gasteiger partial charge in [0.15, 0.2) is 0 Å². The Morgan fingerprint density at radius 2 is 2.09 bits per heavy atom. The number of hydrogen-bond acceptors (Lipinski definition) is 6. The minimum absolute atomic E-state index is 0.267. The molecule has 0 spiro atoms. The van der Waals surface area contributed by atoms with Gasteiger partial charge >= 0.3 is 0 Å². The van der Waals surface area contributed by atoms with Gasteiger partial charge in [-0.15, -0.1) is 0 Å². The molecule has 1 saturated carbocycles. The molecule has 1 aliphatic rings. The largest absolute Gasteiger partial charge is 0.378 e. The molecule has 8 nitrogen and oxygen atoms in total. The van der Waals surface area contributed by atoms with Crippen LogP contribution in [-0.2, 0) is 10.0 Å². The fourth-order valence-electron chi connectivity index (χ4n) is 2.46. The zero-order valence-corrected chi connectivity index (χ0v) is 13.3. The first-order valence-electron chi connectivity index (χ1n) is 6.91. The maximum Gasteiger partial charge on any atom is 0.293 e. The van der Waals surface area contributed by atoms with Gasteiger partial charge in [-0.05, 0) is 45.0 Å². The molecule has 22 heavy (non-hydrogen) atoms. The van der Waals surface area contributed by atoms with Crippen LogP contribution in [0.2, 0.25) is 0 Å². The van der Waals surface area contributed by atoms with E-state index >= 15 is 0 Å². The number of rotatable bonds is 7. The number of anilines is 1. The van der Waals surface area contributed by atoms with Gasteiger partial charge in [0.05, 0.1) is 9.82 Å². The second-order valence-corrected chi connectivity index (χ2v) is 7.29. The van der Waals surface area contributed by atoms with Crippen LogP contribution in [0, 0.1) is 16.0 Å². The molecule has 122 valence electrons. The summed E-state index contributed by atoms with van der Waals surface area (Å²) in [5.74, 6) is 0.602. The summed E-state index contributed by atoms with van der Waals surface area (Å²) < 4.78 is 22.6. The van der Waals surface area contributed by atoms with Gasteiger partial charge in [0.2, 0.25) is 10.0 Å². The van der Waals surface area contributed by atoms with Gasteiger partial charge < -0.3 is 10.2 Å². The van der Waals surface area contributed by atoms with E-state index in [0.717, 1.165) is 18.9 Å². The van der Waals surface area contributed by atoms with Gasteiger partial charge in [0.1, 0.15) is 5.69 Å². The summed E-state index contributed by atoms with van der Waals surface area (Å²) in [6.45, 7) is 0.563. The first-order valence-corrected chi connectivity index (χ1v) is 8.46. The highest BCUT2D eigenvalue weighted by Crippen LogP contribution is 2.35. The first-order chi connectivity index (χ1) is 10.2. The third kappa shape index (κ3) is 3.93. The SMILES string of the molecule is CN(C)[C@H](CNc1ccc(S(N)(=O)=O)cc1[N+](=O)[O-])C1CC1. The van der Waals surface area contributed by atoms with Crippen LogP contribution in [0.3, 0.4) is 0 Å². The minimum atomic E-state index is -3.96. The third-order valence-corrected chi connectivity index (χ3v) is 4.74. The highest BCUT2D eigenvalue weighted by Gasteiger charge is 2.32. The number of primary sulfonamides is 1. The molecule has 1 atom stereocenters. The van der Waals surface area contributed by atoms with Crippen molar-refractivity contribution in [3.8, 4) is 0 Å². The van der Waals surface area contributed by atoms with E-state index < -0.39 is 14.9 Å². The van der Waals surface area contributed by atoms with Crippen molar-refractivity contribution in [1.29, 1.82) is 0 Å². The molecule has 9 heteroatoms. The van der Waals surface area contributed by atoms with E-state index in [0.29, 0.717) is 18.2 Å². The van der Waals surface area contributed by atoms with E-state index in [2.05, 4.69) is 10.2 Å². The van der Waals surface area contributed by atoms with E-state index in [1.807, 2.05) is 14.1 Å². The lowest BCUT2D eigenvalue weighted by Gasteiger charge is -2.24. The van der Waals surface area contributed by atoms with Crippen molar-refractivity contribution < 1.29 is 13.3 Å². The second-order valence-electron chi connectivity index (χ2n) is 5.73. The van der Waals surface area contributed by atoms with Crippen molar-refractivity contribution in [3.05, 3.63) is 28.3 Å². The maximum absolute atomic E-state index is 11.3. The molecule has 0 bridgehead atoms. The van der Waals surface area contributed by atoms with Crippen molar-refractivity contribution in [3.63, 3.8) is 0 Å². The van der Waals surface area contributed by atoms with Crippen LogP contribution in [0.5, 0.6) is 0 Å². The van der Waals surface area contributed by atoms with Crippen LogP contribution in [0.4, 0.5) is 11.4 Å². The highest BCUT2D eigenvalue weighted by atomic mass is 32.2. The molecule has 3 N–H and O–H groups in total. The van der Waals surface area contributed by atoms with Crippen LogP contribution in [0.25, 0.3) is 0 Å². The molecule has 0 saturated heterocycles. The zero-order chi connectivity index (χ0) is 16.5. The number of nitrogens with two attached hydrogens (primary N) is 1. The van der Waals surface area contributed by atoms with Crippen molar-refractivity contribution >= 4 is 21.4 Å². The van der Waals surface area contributed by atoms with Gasteiger partial charge in [-0.3, -0.25) is 10.1 Å². The lowest BCUT2D eigenvalue weighted by Crippen LogP contribution is -2.36. The molecule has 1 fully saturated rings. The molecule has 0 heterocycles. The number of nitrogens with one attached hydrogen (secondary N) is 1. The molecule has 0 radical (unpaired) electrons. The molecule has 1 aromatic rings. The maximum atomic E-state index is 11.3. The van der Waals surface area contributed by atoms with Gasteiger partial charge in [0.25, 0.3) is 5.69 Å². The Kier molecular flexibility index (Phi) is 4.69. The Morgan fingerprint density at radius 3 is 2.55 bits per heavy atom. The standard InChI is InChI=1S/C13H20N4O4S/c1-16(2)13(9-3-4-9)8-15-11-6-5-10(22(14,20)21)7-12(11)17(18)19/h5-7,9,13,15H,3-4,8H2,1-2H3,(H2,14,20,21)/t13-/m1/s1. The van der Waals surface area contributed by atoms with Crippen LogP contribution < -0.4 is 10.5 Å². The summed E-state index contributed by atoms with van der Waals surface area (Å²) in [5.41, 5.74) is 0.00438. The number of nitrogens with zero attached hydrogens (tertiary/aromatic N) is 2. The Balaban J connectivity index is 2.21. The normalized spacial score (nSPS) is 16.5. The summed E-state index contributed by atoms with van der Waals surface area (Å²) in [6.07, 6.45) is 2.33. The Bertz CT molecular complexity index is 669. The van der Waals surface area contributed by atoms with Gasteiger partial charge in [-0.2, -0.15) is 0 Å². The topological polar surface area (TPSA) is 119 Å². The Hall–Kier alpha value is -1.71. The molecule has 0 unspecified atom stereocenters. The number of nitro benzene ring substituents is 1. The molecule has 2 rings (SSSR count). The van der Waals surface area contributed by atoms with Crippen LogP contribution in [0.1, 0.15) is 12.8 Å². The van der Waals surface area contributed by atoms with Crippen LogP contribution >= 0.6 is 0 Å². The molecular weight excluding hydrogens is 308 g/mol. The predicted octanol–water partition coefficient (Wildman–Crippen LogP) is 0.994. The number of hydrogen-bond donors (Lipinski definition) is 2. The summed E-state index contributed by atoms with van der Waals surface area (Å²) in [4.78, 5) is 12.4.